The second-order valence-electron chi connectivity index (χ2n) is 3.24. The Morgan fingerprint density at radius 3 is 2.80 bits per heavy atom. The molecule has 0 aromatic heterocycles. The van der Waals surface area contributed by atoms with E-state index in [4.69, 9.17) is 0 Å². The van der Waals surface area contributed by atoms with E-state index in [0.29, 0.717) is 11.8 Å². The van der Waals surface area contributed by atoms with Crippen LogP contribution in [0.2, 0.25) is 0 Å². The monoisotopic (exact) mass is 335 g/mol. The van der Waals surface area contributed by atoms with E-state index in [-0.39, 0.29) is 5.91 Å². The fourth-order valence-electron chi connectivity index (χ4n) is 1.06. The maximum absolute atomic E-state index is 11.8. The molecule has 0 aliphatic carbocycles. The van der Waals surface area contributed by atoms with Crippen LogP contribution in [-0.2, 0) is 0 Å². The summed E-state index contributed by atoms with van der Waals surface area (Å²) in [5.74, 6) is 0.0147. The van der Waals surface area contributed by atoms with Crippen molar-refractivity contribution in [2.24, 2.45) is 0 Å². The van der Waals surface area contributed by atoms with Gasteiger partial charge in [0.2, 0.25) is 0 Å². The quantitative estimate of drug-likeness (QED) is 0.858. The van der Waals surface area contributed by atoms with Crippen LogP contribution in [0.1, 0.15) is 17.3 Å². The lowest BCUT2D eigenvalue weighted by atomic mass is 10.2. The number of carbonyl (C=O) groups excluding carboxylic acids is 1. The number of thioether (sulfide) groups is 1. The van der Waals surface area contributed by atoms with Crippen LogP contribution < -0.4 is 5.32 Å². The first-order chi connectivity index (χ1) is 7.15. The summed E-state index contributed by atoms with van der Waals surface area (Å²) in [6, 6.07) is 7.60. The molecule has 0 fully saturated rings. The third-order valence-electron chi connectivity index (χ3n) is 2.07. The first kappa shape index (κ1) is 12.8. The maximum Gasteiger partial charge on any atom is 0.252 e. The van der Waals surface area contributed by atoms with Crippen LogP contribution in [0.5, 0.6) is 0 Å². The zero-order valence-electron chi connectivity index (χ0n) is 8.79. The van der Waals surface area contributed by atoms with Crippen molar-refractivity contribution in [1.29, 1.82) is 0 Å². The van der Waals surface area contributed by atoms with Crippen LogP contribution in [-0.4, -0.2) is 24.0 Å². The lowest BCUT2D eigenvalue weighted by Gasteiger charge is -2.10. The summed E-state index contributed by atoms with van der Waals surface area (Å²) in [5, 5.41) is 3.38. The third kappa shape index (κ3) is 4.03. The molecule has 0 aliphatic rings. The van der Waals surface area contributed by atoms with Gasteiger partial charge in [-0.15, -0.1) is 0 Å². The van der Waals surface area contributed by atoms with Gasteiger partial charge in [0.1, 0.15) is 0 Å². The molecule has 0 spiro atoms. The summed E-state index contributed by atoms with van der Waals surface area (Å²) in [6.45, 7) is 2.81. The SMILES string of the molecule is CSC(C)CNC(=O)c1ccccc1I. The van der Waals surface area contributed by atoms with Crippen LogP contribution in [0.15, 0.2) is 24.3 Å². The van der Waals surface area contributed by atoms with E-state index in [2.05, 4.69) is 34.8 Å². The van der Waals surface area contributed by atoms with E-state index < -0.39 is 0 Å². The minimum Gasteiger partial charge on any atom is -0.351 e. The predicted octanol–water partition coefficient (Wildman–Crippen LogP) is 2.77. The summed E-state index contributed by atoms with van der Waals surface area (Å²) in [6.07, 6.45) is 2.04. The van der Waals surface area contributed by atoms with Crippen molar-refractivity contribution in [3.05, 3.63) is 33.4 Å². The van der Waals surface area contributed by atoms with Gasteiger partial charge in [0.05, 0.1) is 5.56 Å². The molecule has 4 heteroatoms. The molecule has 15 heavy (non-hydrogen) atoms. The molecule has 1 unspecified atom stereocenters. The molecule has 0 bridgehead atoms. The zero-order valence-corrected chi connectivity index (χ0v) is 11.8. The number of hydrogen-bond donors (Lipinski definition) is 1. The highest BCUT2D eigenvalue weighted by atomic mass is 127. The average molecular weight is 335 g/mol. The predicted molar refractivity (Wildman–Crippen MR) is 74.5 cm³/mol. The molecule has 2 nitrogen and oxygen atoms in total. The highest BCUT2D eigenvalue weighted by Gasteiger charge is 2.09. The van der Waals surface area contributed by atoms with Crippen molar-refractivity contribution in [2.75, 3.05) is 12.8 Å². The van der Waals surface area contributed by atoms with Gasteiger partial charge < -0.3 is 5.32 Å². The third-order valence-corrected chi connectivity index (χ3v) is 3.98. The molecule has 1 rings (SSSR count). The van der Waals surface area contributed by atoms with Crippen LogP contribution in [0.25, 0.3) is 0 Å². The van der Waals surface area contributed by atoms with Crippen LogP contribution in [0, 0.1) is 3.57 Å². The van der Waals surface area contributed by atoms with Gasteiger partial charge in [-0.25, -0.2) is 0 Å². The number of nitrogens with one attached hydrogen (secondary N) is 1. The molecule has 0 saturated carbocycles. The van der Waals surface area contributed by atoms with Crippen molar-refractivity contribution < 1.29 is 4.79 Å². The number of benzene rings is 1. The van der Waals surface area contributed by atoms with Crippen LogP contribution in [0.3, 0.4) is 0 Å². The molecule has 0 radical (unpaired) electrons. The van der Waals surface area contributed by atoms with E-state index in [0.717, 1.165) is 9.13 Å². The Labute approximate surface area is 108 Å². The molecule has 1 amide bonds. The number of rotatable bonds is 4. The fraction of sp³-hybridized carbons (Fsp3) is 0.364. The highest BCUT2D eigenvalue weighted by Crippen LogP contribution is 2.11. The Kier molecular flexibility index (Phi) is 5.45. The van der Waals surface area contributed by atoms with Gasteiger partial charge >= 0.3 is 0 Å². The minimum absolute atomic E-state index is 0.0147. The number of carbonyl (C=O) groups is 1. The largest absolute Gasteiger partial charge is 0.351 e. The van der Waals surface area contributed by atoms with Crippen LogP contribution >= 0.6 is 34.4 Å². The molecule has 1 N–H and O–H groups in total. The van der Waals surface area contributed by atoms with Gasteiger partial charge in [-0.2, -0.15) is 11.8 Å². The van der Waals surface area contributed by atoms with E-state index in [9.17, 15) is 4.79 Å². The van der Waals surface area contributed by atoms with Gasteiger partial charge in [-0.05, 0) is 41.0 Å². The smallest absolute Gasteiger partial charge is 0.252 e. The Hall–Kier alpha value is -0.230. The van der Waals surface area contributed by atoms with Gasteiger partial charge in [0.15, 0.2) is 0 Å². The zero-order chi connectivity index (χ0) is 11.3. The second-order valence-corrected chi connectivity index (χ2v) is 5.67. The fourth-order valence-corrected chi connectivity index (χ4v) is 1.94. The van der Waals surface area contributed by atoms with E-state index in [1.807, 2.05) is 30.5 Å². The molecular weight excluding hydrogens is 321 g/mol. The molecule has 1 aromatic carbocycles. The first-order valence-electron chi connectivity index (χ1n) is 4.70. The minimum atomic E-state index is 0.0147. The molecular formula is C11H14INOS. The maximum atomic E-state index is 11.8. The Morgan fingerprint density at radius 2 is 2.20 bits per heavy atom. The van der Waals surface area contributed by atoms with E-state index >= 15 is 0 Å². The van der Waals surface area contributed by atoms with Crippen molar-refractivity contribution in [2.45, 2.75) is 12.2 Å². The van der Waals surface area contributed by atoms with Gasteiger partial charge in [-0.1, -0.05) is 19.1 Å². The molecule has 0 heterocycles. The van der Waals surface area contributed by atoms with Gasteiger partial charge in [0.25, 0.3) is 5.91 Å². The van der Waals surface area contributed by atoms with Gasteiger partial charge in [0, 0.05) is 15.4 Å². The topological polar surface area (TPSA) is 29.1 Å². The van der Waals surface area contributed by atoms with Crippen LogP contribution in [0.4, 0.5) is 0 Å². The average Bonchev–Trinajstić information content (AvgIpc) is 2.26. The molecule has 0 aliphatic heterocycles. The second kappa shape index (κ2) is 6.37. The number of hydrogen-bond acceptors (Lipinski definition) is 2. The lowest BCUT2D eigenvalue weighted by Crippen LogP contribution is -2.29. The highest BCUT2D eigenvalue weighted by molar-refractivity contribution is 14.1. The Bertz CT molecular complexity index is 343. The number of halogens is 1. The van der Waals surface area contributed by atoms with Crippen molar-refractivity contribution in [1.82, 2.24) is 5.32 Å². The number of amides is 1. The standard InChI is InChI=1S/C11H14INOS/c1-8(15-2)7-13-11(14)9-5-3-4-6-10(9)12/h3-6,8H,7H2,1-2H3,(H,13,14). The molecule has 0 saturated heterocycles. The first-order valence-corrected chi connectivity index (χ1v) is 7.07. The Morgan fingerprint density at radius 1 is 1.53 bits per heavy atom. The summed E-state index contributed by atoms with van der Waals surface area (Å²) in [7, 11) is 0. The Balaban J connectivity index is 2.58. The normalized spacial score (nSPS) is 12.2. The molecule has 1 atom stereocenters. The molecule has 82 valence electrons. The van der Waals surface area contributed by atoms with E-state index in [1.54, 1.807) is 11.8 Å². The van der Waals surface area contributed by atoms with Gasteiger partial charge in [-0.3, -0.25) is 4.79 Å². The summed E-state index contributed by atoms with van der Waals surface area (Å²) < 4.78 is 0.990. The van der Waals surface area contributed by atoms with Crippen molar-refractivity contribution in [3.63, 3.8) is 0 Å². The van der Waals surface area contributed by atoms with Crippen molar-refractivity contribution in [3.8, 4) is 0 Å². The van der Waals surface area contributed by atoms with Crippen molar-refractivity contribution >= 4 is 40.3 Å². The lowest BCUT2D eigenvalue weighted by molar-refractivity contribution is 0.0953. The summed E-state index contributed by atoms with van der Waals surface area (Å²) in [5.41, 5.74) is 0.756. The summed E-state index contributed by atoms with van der Waals surface area (Å²) >= 11 is 3.93. The van der Waals surface area contributed by atoms with E-state index in [1.165, 1.54) is 0 Å². The summed E-state index contributed by atoms with van der Waals surface area (Å²) in [4.78, 5) is 11.8. The molecule has 1 aromatic rings.